The number of thiophene rings is 1. The van der Waals surface area contributed by atoms with E-state index < -0.39 is 0 Å². The van der Waals surface area contributed by atoms with Gasteiger partial charge in [-0.2, -0.15) is 0 Å². The van der Waals surface area contributed by atoms with Gasteiger partial charge in [-0.05, 0) is 42.4 Å². The zero-order chi connectivity index (χ0) is 20.6. The Balaban J connectivity index is 1.94. The number of aromatic nitrogens is 2. The number of carbonyl (C=O) groups excluding carboxylic acids is 1. The largest absolute Gasteiger partial charge is 0.324 e. The lowest BCUT2D eigenvalue weighted by atomic mass is 9.92. The lowest BCUT2D eigenvalue weighted by Gasteiger charge is -2.20. The molecule has 0 aliphatic heterocycles. The lowest BCUT2D eigenvalue weighted by molar-refractivity contribution is -0.116. The predicted molar refractivity (Wildman–Crippen MR) is 117 cm³/mol. The average Bonchev–Trinajstić information content (AvgIpc) is 2.92. The summed E-state index contributed by atoms with van der Waals surface area (Å²) in [7, 11) is 0. The molecule has 0 fully saturated rings. The van der Waals surface area contributed by atoms with Gasteiger partial charge in [-0.1, -0.05) is 45.9 Å². The molecule has 0 unspecified atom stereocenters. The number of carbonyl (C=O) groups is 1. The van der Waals surface area contributed by atoms with E-state index >= 15 is 0 Å². The number of amides is 1. The fourth-order valence-electron chi connectivity index (χ4n) is 3.41. The molecule has 0 aliphatic carbocycles. The van der Waals surface area contributed by atoms with Crippen LogP contribution in [0.4, 0.5) is 5.69 Å². The van der Waals surface area contributed by atoms with Crippen LogP contribution >= 0.6 is 11.3 Å². The van der Waals surface area contributed by atoms with Crippen LogP contribution < -0.4 is 10.9 Å². The van der Waals surface area contributed by atoms with Crippen molar-refractivity contribution in [1.29, 1.82) is 0 Å². The monoisotopic (exact) mass is 397 g/mol. The van der Waals surface area contributed by atoms with Crippen LogP contribution in [0.3, 0.4) is 0 Å². The van der Waals surface area contributed by atoms with Crippen molar-refractivity contribution in [2.75, 3.05) is 5.32 Å². The van der Waals surface area contributed by atoms with E-state index in [-0.39, 0.29) is 29.8 Å². The fourth-order valence-corrected chi connectivity index (χ4v) is 4.40. The maximum atomic E-state index is 12.9. The number of rotatable bonds is 5. The van der Waals surface area contributed by atoms with E-state index in [1.807, 2.05) is 32.0 Å². The molecular weight excluding hydrogens is 370 g/mol. The smallest absolute Gasteiger partial charge is 0.262 e. The molecule has 0 aliphatic rings. The maximum absolute atomic E-state index is 12.9. The van der Waals surface area contributed by atoms with Gasteiger partial charge in [-0.25, -0.2) is 4.98 Å². The van der Waals surface area contributed by atoms with Gasteiger partial charge in [0, 0.05) is 10.6 Å². The van der Waals surface area contributed by atoms with Gasteiger partial charge in [0.2, 0.25) is 5.91 Å². The van der Waals surface area contributed by atoms with Crippen LogP contribution in [0, 0.1) is 13.8 Å². The summed E-state index contributed by atoms with van der Waals surface area (Å²) in [4.78, 5) is 31.8. The van der Waals surface area contributed by atoms with Gasteiger partial charge in [0.05, 0.1) is 11.7 Å². The first-order chi connectivity index (χ1) is 13.2. The van der Waals surface area contributed by atoms with Gasteiger partial charge in [0.25, 0.3) is 5.56 Å². The molecule has 148 valence electrons. The highest BCUT2D eigenvalue weighted by molar-refractivity contribution is 7.18. The first kappa shape index (κ1) is 20.3. The Morgan fingerprint density at radius 3 is 2.32 bits per heavy atom. The topological polar surface area (TPSA) is 64.0 Å². The highest BCUT2D eigenvalue weighted by atomic mass is 32.1. The summed E-state index contributed by atoms with van der Waals surface area (Å²) in [5, 5.41) is 3.68. The van der Waals surface area contributed by atoms with Gasteiger partial charge in [-0.3, -0.25) is 14.2 Å². The quantitative estimate of drug-likeness (QED) is 0.662. The molecule has 28 heavy (non-hydrogen) atoms. The number of para-hydroxylation sites is 1. The minimum Gasteiger partial charge on any atom is -0.324 e. The molecular formula is C22H27N3O2S. The number of fused-ring (bicyclic) bond motifs is 1. The van der Waals surface area contributed by atoms with Gasteiger partial charge in [0.1, 0.15) is 11.4 Å². The number of anilines is 1. The first-order valence-electron chi connectivity index (χ1n) is 9.58. The molecule has 5 nitrogen and oxygen atoms in total. The first-order valence-corrected chi connectivity index (χ1v) is 10.4. The van der Waals surface area contributed by atoms with E-state index in [1.165, 1.54) is 22.2 Å². The van der Waals surface area contributed by atoms with E-state index in [9.17, 15) is 9.59 Å². The molecule has 2 heterocycles. The zero-order valence-corrected chi connectivity index (χ0v) is 18.1. The predicted octanol–water partition coefficient (Wildman–Crippen LogP) is 4.96. The van der Waals surface area contributed by atoms with Crippen molar-refractivity contribution in [1.82, 2.24) is 9.55 Å². The summed E-state index contributed by atoms with van der Waals surface area (Å²) in [5.41, 5.74) is 3.85. The SMILES string of the molecule is Cc1sc2ncn(CC(=O)Nc3c(C(C)C)cccc3C(C)C)c(=O)c2c1C. The van der Waals surface area contributed by atoms with Crippen molar-refractivity contribution >= 4 is 33.1 Å². The maximum Gasteiger partial charge on any atom is 0.262 e. The Kier molecular flexibility index (Phi) is 5.70. The normalized spacial score (nSPS) is 11.6. The lowest BCUT2D eigenvalue weighted by Crippen LogP contribution is -2.28. The van der Waals surface area contributed by atoms with Crippen molar-refractivity contribution in [3.8, 4) is 0 Å². The highest BCUT2D eigenvalue weighted by Gasteiger charge is 2.18. The zero-order valence-electron chi connectivity index (χ0n) is 17.3. The molecule has 3 aromatic rings. The standard InChI is InChI=1S/C22H27N3O2S/c1-12(2)16-8-7-9-17(13(3)4)20(16)24-18(26)10-25-11-23-21-19(22(25)27)14(5)15(6)28-21/h7-9,11-13H,10H2,1-6H3,(H,24,26). The highest BCUT2D eigenvalue weighted by Crippen LogP contribution is 2.32. The number of benzene rings is 1. The van der Waals surface area contributed by atoms with Crippen LogP contribution in [0.2, 0.25) is 0 Å². The summed E-state index contributed by atoms with van der Waals surface area (Å²) in [6, 6.07) is 6.12. The number of hydrogen-bond donors (Lipinski definition) is 1. The van der Waals surface area contributed by atoms with Crippen molar-refractivity contribution in [2.24, 2.45) is 0 Å². The second kappa shape index (κ2) is 7.87. The van der Waals surface area contributed by atoms with E-state index in [4.69, 9.17) is 0 Å². The minimum atomic E-state index is -0.220. The third-order valence-corrected chi connectivity index (χ3v) is 6.22. The number of aryl methyl sites for hydroxylation is 2. The van der Waals surface area contributed by atoms with Crippen LogP contribution in [-0.2, 0) is 11.3 Å². The molecule has 0 radical (unpaired) electrons. The Labute approximate surface area is 169 Å². The van der Waals surface area contributed by atoms with E-state index in [0.29, 0.717) is 5.39 Å². The molecule has 0 bridgehead atoms. The molecule has 1 aromatic carbocycles. The van der Waals surface area contributed by atoms with Gasteiger partial charge in [0.15, 0.2) is 0 Å². The van der Waals surface area contributed by atoms with Gasteiger partial charge in [-0.15, -0.1) is 11.3 Å². The van der Waals surface area contributed by atoms with Crippen LogP contribution in [0.15, 0.2) is 29.3 Å². The van der Waals surface area contributed by atoms with Crippen molar-refractivity contribution in [3.05, 3.63) is 56.4 Å². The number of nitrogens with one attached hydrogen (secondary N) is 1. The van der Waals surface area contributed by atoms with Crippen LogP contribution in [0.5, 0.6) is 0 Å². The van der Waals surface area contributed by atoms with E-state index in [0.717, 1.165) is 32.1 Å². The van der Waals surface area contributed by atoms with E-state index in [2.05, 4.69) is 38.0 Å². The van der Waals surface area contributed by atoms with Crippen molar-refractivity contribution < 1.29 is 4.79 Å². The molecule has 0 saturated carbocycles. The third kappa shape index (κ3) is 3.74. The second-order valence-electron chi connectivity index (χ2n) is 7.81. The summed E-state index contributed by atoms with van der Waals surface area (Å²) in [6.07, 6.45) is 1.47. The molecule has 0 saturated heterocycles. The second-order valence-corrected chi connectivity index (χ2v) is 9.01. The Morgan fingerprint density at radius 1 is 1.14 bits per heavy atom. The minimum absolute atomic E-state index is 0.0555. The van der Waals surface area contributed by atoms with E-state index in [1.54, 1.807) is 0 Å². The molecule has 1 N–H and O–H groups in total. The van der Waals surface area contributed by atoms with Gasteiger partial charge >= 0.3 is 0 Å². The molecule has 6 heteroatoms. The molecule has 1 amide bonds. The third-order valence-electron chi connectivity index (χ3n) is 5.11. The summed E-state index contributed by atoms with van der Waals surface area (Å²) >= 11 is 1.51. The van der Waals surface area contributed by atoms with Crippen molar-refractivity contribution in [2.45, 2.75) is 59.9 Å². The summed E-state index contributed by atoms with van der Waals surface area (Å²) in [5.74, 6) is 0.347. The summed E-state index contributed by atoms with van der Waals surface area (Å²) in [6.45, 7) is 12.3. The summed E-state index contributed by atoms with van der Waals surface area (Å²) < 4.78 is 1.39. The molecule has 0 atom stereocenters. The Bertz CT molecular complexity index is 1070. The van der Waals surface area contributed by atoms with Crippen molar-refractivity contribution in [3.63, 3.8) is 0 Å². The Morgan fingerprint density at radius 2 is 1.75 bits per heavy atom. The van der Waals surface area contributed by atoms with Gasteiger partial charge < -0.3 is 5.32 Å². The average molecular weight is 398 g/mol. The van der Waals surface area contributed by atoms with Crippen LogP contribution in [0.1, 0.15) is 61.1 Å². The fraction of sp³-hybridized carbons (Fsp3) is 0.409. The number of nitrogens with zero attached hydrogens (tertiary/aromatic N) is 2. The number of hydrogen-bond acceptors (Lipinski definition) is 4. The van der Waals surface area contributed by atoms with Crippen LogP contribution in [0.25, 0.3) is 10.2 Å². The molecule has 0 spiro atoms. The molecule has 2 aromatic heterocycles. The Hall–Kier alpha value is -2.47. The molecule has 3 rings (SSSR count). The van der Waals surface area contributed by atoms with Crippen LogP contribution in [-0.4, -0.2) is 15.5 Å².